The van der Waals surface area contributed by atoms with E-state index in [1.165, 1.54) is 12.0 Å². The second kappa shape index (κ2) is 6.73. The second-order valence-corrected chi connectivity index (χ2v) is 6.94. The molecule has 1 aromatic rings. The summed E-state index contributed by atoms with van der Waals surface area (Å²) in [7, 11) is 0. The Labute approximate surface area is 123 Å². The van der Waals surface area contributed by atoms with Crippen LogP contribution in [0, 0.1) is 11.8 Å². The maximum Gasteiger partial charge on any atom is 0.0774 e. The summed E-state index contributed by atoms with van der Waals surface area (Å²) in [6.07, 6.45) is 4.27. The summed E-state index contributed by atoms with van der Waals surface area (Å²) < 4.78 is 0. The van der Waals surface area contributed by atoms with Gasteiger partial charge in [-0.15, -0.1) is 0 Å². The summed E-state index contributed by atoms with van der Waals surface area (Å²) in [4.78, 5) is 0. The van der Waals surface area contributed by atoms with Gasteiger partial charge in [-0.3, -0.25) is 0 Å². The van der Waals surface area contributed by atoms with E-state index in [1.807, 2.05) is 0 Å². The second-order valence-electron chi connectivity index (χ2n) is 6.94. The summed E-state index contributed by atoms with van der Waals surface area (Å²) in [5.41, 5.74) is 0.800. The SMILES string of the molecule is CC1CCCC(O)(CNC(c2ccccc2)C(C)C)C1. The van der Waals surface area contributed by atoms with Crippen molar-refractivity contribution in [2.75, 3.05) is 6.54 Å². The minimum Gasteiger partial charge on any atom is -0.389 e. The highest BCUT2D eigenvalue weighted by molar-refractivity contribution is 5.19. The Morgan fingerprint density at radius 1 is 1.30 bits per heavy atom. The number of hydrogen-bond donors (Lipinski definition) is 2. The lowest BCUT2D eigenvalue weighted by atomic mass is 9.78. The Morgan fingerprint density at radius 3 is 2.60 bits per heavy atom. The van der Waals surface area contributed by atoms with Gasteiger partial charge in [0, 0.05) is 12.6 Å². The van der Waals surface area contributed by atoms with Crippen molar-refractivity contribution in [2.45, 2.75) is 58.1 Å². The highest BCUT2D eigenvalue weighted by Crippen LogP contribution is 2.32. The number of rotatable bonds is 5. The molecule has 2 N–H and O–H groups in total. The summed E-state index contributed by atoms with van der Waals surface area (Å²) in [6.45, 7) is 7.42. The first-order chi connectivity index (χ1) is 9.50. The van der Waals surface area contributed by atoms with Crippen LogP contribution in [0.2, 0.25) is 0 Å². The molecule has 1 fully saturated rings. The van der Waals surface area contributed by atoms with Gasteiger partial charge in [0.1, 0.15) is 0 Å². The molecular formula is C18H29NO. The van der Waals surface area contributed by atoms with Crippen molar-refractivity contribution in [3.63, 3.8) is 0 Å². The first kappa shape index (κ1) is 15.5. The third-order valence-corrected chi connectivity index (χ3v) is 4.54. The Balaban J connectivity index is 1.99. The van der Waals surface area contributed by atoms with Crippen LogP contribution in [0.3, 0.4) is 0 Å². The molecule has 1 aliphatic rings. The first-order valence-electron chi connectivity index (χ1n) is 8.01. The molecule has 2 heteroatoms. The van der Waals surface area contributed by atoms with Crippen LogP contribution in [0.15, 0.2) is 30.3 Å². The van der Waals surface area contributed by atoms with E-state index in [1.54, 1.807) is 0 Å². The zero-order valence-corrected chi connectivity index (χ0v) is 13.1. The molecule has 2 rings (SSSR count). The maximum atomic E-state index is 10.8. The molecule has 0 saturated heterocycles. The highest BCUT2D eigenvalue weighted by Gasteiger charge is 2.33. The standard InChI is InChI=1S/C18H29NO/c1-14(2)17(16-9-5-4-6-10-16)19-13-18(20)11-7-8-15(3)12-18/h4-6,9-10,14-15,17,19-20H,7-8,11-13H2,1-3H3. The van der Waals surface area contributed by atoms with E-state index in [-0.39, 0.29) is 0 Å². The van der Waals surface area contributed by atoms with Crippen LogP contribution >= 0.6 is 0 Å². The van der Waals surface area contributed by atoms with Crippen molar-refractivity contribution in [1.82, 2.24) is 5.32 Å². The van der Waals surface area contributed by atoms with Gasteiger partial charge in [-0.05, 0) is 30.2 Å². The normalized spacial score (nSPS) is 28.6. The molecule has 20 heavy (non-hydrogen) atoms. The van der Waals surface area contributed by atoms with Crippen molar-refractivity contribution < 1.29 is 5.11 Å². The zero-order chi connectivity index (χ0) is 14.6. The molecule has 0 bridgehead atoms. The van der Waals surface area contributed by atoms with Crippen molar-refractivity contribution >= 4 is 0 Å². The predicted molar refractivity (Wildman–Crippen MR) is 84.6 cm³/mol. The average Bonchev–Trinajstić information content (AvgIpc) is 2.39. The molecule has 1 aromatic carbocycles. The van der Waals surface area contributed by atoms with E-state index in [0.717, 1.165) is 19.3 Å². The molecule has 0 aromatic heterocycles. The number of aliphatic hydroxyl groups is 1. The Morgan fingerprint density at radius 2 is 2.00 bits per heavy atom. The minimum absolute atomic E-state index is 0.317. The molecule has 3 atom stereocenters. The average molecular weight is 275 g/mol. The first-order valence-corrected chi connectivity index (χ1v) is 8.01. The van der Waals surface area contributed by atoms with E-state index >= 15 is 0 Å². The van der Waals surface area contributed by atoms with Gasteiger partial charge in [0.15, 0.2) is 0 Å². The van der Waals surface area contributed by atoms with Crippen LogP contribution in [0.4, 0.5) is 0 Å². The Bertz CT molecular complexity index is 403. The summed E-state index contributed by atoms with van der Waals surface area (Å²) in [6, 6.07) is 10.9. The van der Waals surface area contributed by atoms with E-state index in [0.29, 0.717) is 24.4 Å². The van der Waals surface area contributed by atoms with Gasteiger partial charge in [0.25, 0.3) is 0 Å². The zero-order valence-electron chi connectivity index (χ0n) is 13.1. The van der Waals surface area contributed by atoms with Gasteiger partial charge >= 0.3 is 0 Å². The van der Waals surface area contributed by atoms with Gasteiger partial charge in [0.05, 0.1) is 5.60 Å². The molecule has 1 aliphatic carbocycles. The van der Waals surface area contributed by atoms with Crippen LogP contribution in [0.5, 0.6) is 0 Å². The van der Waals surface area contributed by atoms with E-state index in [2.05, 4.69) is 56.4 Å². The van der Waals surface area contributed by atoms with Crippen LogP contribution in [0.25, 0.3) is 0 Å². The molecule has 112 valence electrons. The molecular weight excluding hydrogens is 246 g/mol. The third-order valence-electron chi connectivity index (χ3n) is 4.54. The lowest BCUT2D eigenvalue weighted by Crippen LogP contribution is -2.45. The van der Waals surface area contributed by atoms with Crippen LogP contribution < -0.4 is 5.32 Å². The third kappa shape index (κ3) is 4.07. The maximum absolute atomic E-state index is 10.8. The monoisotopic (exact) mass is 275 g/mol. The van der Waals surface area contributed by atoms with E-state index in [4.69, 9.17) is 0 Å². The van der Waals surface area contributed by atoms with Gasteiger partial charge in [0.2, 0.25) is 0 Å². The van der Waals surface area contributed by atoms with Crippen LogP contribution in [-0.2, 0) is 0 Å². The molecule has 0 heterocycles. The van der Waals surface area contributed by atoms with Crippen molar-refractivity contribution in [2.24, 2.45) is 11.8 Å². The number of benzene rings is 1. The van der Waals surface area contributed by atoms with Gasteiger partial charge in [-0.25, -0.2) is 0 Å². The summed E-state index contributed by atoms with van der Waals surface area (Å²) in [5.74, 6) is 1.16. The van der Waals surface area contributed by atoms with Gasteiger partial charge < -0.3 is 10.4 Å². The quantitative estimate of drug-likeness (QED) is 0.854. The molecule has 1 saturated carbocycles. The highest BCUT2D eigenvalue weighted by atomic mass is 16.3. The predicted octanol–water partition coefficient (Wildman–Crippen LogP) is 3.91. The van der Waals surface area contributed by atoms with Crippen molar-refractivity contribution in [3.8, 4) is 0 Å². The van der Waals surface area contributed by atoms with Gasteiger partial charge in [-0.2, -0.15) is 0 Å². The number of hydrogen-bond acceptors (Lipinski definition) is 2. The minimum atomic E-state index is -0.514. The number of nitrogens with one attached hydrogen (secondary N) is 1. The molecule has 0 amide bonds. The van der Waals surface area contributed by atoms with E-state index in [9.17, 15) is 5.11 Å². The molecule has 3 unspecified atom stereocenters. The summed E-state index contributed by atoms with van der Waals surface area (Å²) in [5, 5.41) is 14.4. The Hall–Kier alpha value is -0.860. The summed E-state index contributed by atoms with van der Waals surface area (Å²) >= 11 is 0. The van der Waals surface area contributed by atoms with Crippen molar-refractivity contribution in [1.29, 1.82) is 0 Å². The van der Waals surface area contributed by atoms with Crippen LogP contribution in [0.1, 0.15) is 58.1 Å². The fourth-order valence-electron chi connectivity index (χ4n) is 3.49. The molecule has 0 aliphatic heterocycles. The largest absolute Gasteiger partial charge is 0.389 e. The molecule has 2 nitrogen and oxygen atoms in total. The topological polar surface area (TPSA) is 32.3 Å². The molecule has 0 radical (unpaired) electrons. The van der Waals surface area contributed by atoms with Crippen LogP contribution in [-0.4, -0.2) is 17.3 Å². The molecule has 0 spiro atoms. The smallest absolute Gasteiger partial charge is 0.0774 e. The Kier molecular flexibility index (Phi) is 5.22. The van der Waals surface area contributed by atoms with Gasteiger partial charge in [-0.1, -0.05) is 63.9 Å². The lowest BCUT2D eigenvalue weighted by Gasteiger charge is -2.37. The lowest BCUT2D eigenvalue weighted by molar-refractivity contribution is -0.0148. The van der Waals surface area contributed by atoms with E-state index < -0.39 is 5.60 Å². The van der Waals surface area contributed by atoms with Crippen molar-refractivity contribution in [3.05, 3.63) is 35.9 Å². The fourth-order valence-corrected chi connectivity index (χ4v) is 3.49. The fraction of sp³-hybridized carbons (Fsp3) is 0.667.